The van der Waals surface area contributed by atoms with Crippen molar-refractivity contribution in [3.05, 3.63) is 47.2 Å². The van der Waals surface area contributed by atoms with Crippen molar-refractivity contribution in [2.75, 3.05) is 10.6 Å². The first-order chi connectivity index (χ1) is 15.5. The van der Waals surface area contributed by atoms with Crippen molar-refractivity contribution in [1.82, 2.24) is 15.0 Å². The molecule has 0 radical (unpaired) electrons. The molecule has 0 saturated carbocycles. The molecular weight excluding hydrogens is 538 g/mol. The highest BCUT2D eigenvalue weighted by molar-refractivity contribution is 8.19. The van der Waals surface area contributed by atoms with Gasteiger partial charge in [-0.15, -0.1) is 0 Å². The van der Waals surface area contributed by atoms with Crippen molar-refractivity contribution in [3.63, 3.8) is 0 Å². The van der Waals surface area contributed by atoms with Crippen molar-refractivity contribution in [3.8, 4) is 0 Å². The Labute approximate surface area is 199 Å². The van der Waals surface area contributed by atoms with Gasteiger partial charge in [-0.3, -0.25) is 9.11 Å². The number of hydrogen-bond acceptors (Lipinski definition) is 12. The maximum absolute atomic E-state index is 11.8. The van der Waals surface area contributed by atoms with Crippen LogP contribution < -0.4 is 10.6 Å². The second-order valence-electron chi connectivity index (χ2n) is 6.61. The molecule has 0 spiro atoms. The summed E-state index contributed by atoms with van der Waals surface area (Å²) in [6.45, 7) is 1.28. The number of nitrogens with zero attached hydrogens (tertiary/aromatic N) is 3. The molecule has 14 nitrogen and oxygen atoms in total. The van der Waals surface area contributed by atoms with E-state index >= 15 is 0 Å². The normalized spacial score (nSPS) is 12.9. The third kappa shape index (κ3) is 6.29. The zero-order valence-electron chi connectivity index (χ0n) is 16.8. The molecule has 34 heavy (non-hydrogen) atoms. The lowest BCUT2D eigenvalue weighted by Crippen LogP contribution is -2.10. The summed E-state index contributed by atoms with van der Waals surface area (Å²) in [5, 5.41) is 4.90. The molecule has 0 saturated heterocycles. The van der Waals surface area contributed by atoms with Crippen LogP contribution in [0.25, 0.3) is 0 Å². The smallest absolute Gasteiger partial charge is 0.296 e. The molecule has 0 bridgehead atoms. The van der Waals surface area contributed by atoms with Gasteiger partial charge < -0.3 is 24.3 Å². The monoisotopic (exact) mass is 553 g/mol. The summed E-state index contributed by atoms with van der Waals surface area (Å²) in [7, 11) is -13.6. The number of aryl methyl sites for hydroxylation is 1. The number of halogens is 1. The van der Waals surface area contributed by atoms with Crippen molar-refractivity contribution in [1.29, 1.82) is 0 Å². The summed E-state index contributed by atoms with van der Waals surface area (Å²) in [4.78, 5) is 9.90. The molecule has 0 aliphatic carbocycles. The Kier molecular flexibility index (Phi) is 7.04. The first kappa shape index (κ1) is 26.0. The summed E-state index contributed by atoms with van der Waals surface area (Å²) in [5.74, 6) is -0.432. The van der Waals surface area contributed by atoms with Gasteiger partial charge in [0.2, 0.25) is 17.2 Å². The third-order valence-corrected chi connectivity index (χ3v) is 7.08. The molecule has 1 heterocycles. The van der Waals surface area contributed by atoms with Crippen molar-refractivity contribution in [2.45, 2.75) is 21.6 Å². The van der Waals surface area contributed by atoms with Gasteiger partial charge in [-0.05, 0) is 60.5 Å². The molecule has 3 rings (SSSR count). The van der Waals surface area contributed by atoms with Crippen LogP contribution in [-0.4, -0.2) is 54.6 Å². The van der Waals surface area contributed by atoms with Crippen molar-refractivity contribution < 1.29 is 39.6 Å². The van der Waals surface area contributed by atoms with Gasteiger partial charge >= 0.3 is 0 Å². The van der Waals surface area contributed by atoms with E-state index in [1.54, 1.807) is 0 Å². The first-order valence-corrected chi connectivity index (χ1v) is 13.5. The topological polar surface area (TPSA) is 232 Å². The van der Waals surface area contributed by atoms with E-state index in [2.05, 4.69) is 25.6 Å². The van der Waals surface area contributed by atoms with Crippen LogP contribution in [0.15, 0.2) is 51.1 Å². The zero-order valence-corrected chi connectivity index (χ0v) is 20.0. The van der Waals surface area contributed by atoms with E-state index in [-0.39, 0.29) is 33.3 Å². The highest BCUT2D eigenvalue weighted by Gasteiger charge is 2.24. The number of hydrogen-bond donors (Lipinski definition) is 7. The molecule has 3 aromatic rings. The van der Waals surface area contributed by atoms with E-state index in [9.17, 15) is 39.6 Å². The Morgan fingerprint density at radius 2 is 1.29 bits per heavy atom. The molecule has 1 aromatic heterocycles. The van der Waals surface area contributed by atoms with Crippen LogP contribution in [-0.2, 0) is 20.2 Å². The highest BCUT2D eigenvalue weighted by atomic mass is 35.5. The fourth-order valence-corrected chi connectivity index (χ4v) is 4.81. The molecule has 0 amide bonds. The van der Waals surface area contributed by atoms with Gasteiger partial charge in [0.05, 0.1) is 15.5 Å². The van der Waals surface area contributed by atoms with Crippen LogP contribution in [0.1, 0.15) is 5.56 Å². The van der Waals surface area contributed by atoms with Gasteiger partial charge in [0, 0.05) is 5.69 Å². The van der Waals surface area contributed by atoms with E-state index < -0.39 is 40.9 Å². The van der Waals surface area contributed by atoms with E-state index in [0.717, 1.165) is 6.07 Å². The maximum Gasteiger partial charge on any atom is 0.296 e. The molecule has 7 N–H and O–H groups in total. The van der Waals surface area contributed by atoms with Gasteiger partial charge in [0.1, 0.15) is 15.8 Å². The van der Waals surface area contributed by atoms with E-state index in [1.807, 2.05) is 0 Å². The second-order valence-corrected chi connectivity index (χ2v) is 11.2. The Bertz CT molecular complexity index is 1460. The number of nitrogens with one attached hydrogen (secondary N) is 2. The second kappa shape index (κ2) is 9.21. The van der Waals surface area contributed by atoms with Crippen LogP contribution in [0.2, 0.25) is 5.28 Å². The number of benzene rings is 2. The molecule has 0 atom stereocenters. The number of aromatic nitrogens is 3. The minimum atomic E-state index is -4.96. The van der Waals surface area contributed by atoms with Crippen LogP contribution in [0.5, 0.6) is 0 Å². The summed E-state index contributed by atoms with van der Waals surface area (Å²) in [6, 6.07) is 6.81. The molecule has 0 aliphatic rings. The molecule has 2 aromatic carbocycles. The lowest BCUT2D eigenvalue weighted by atomic mass is 10.2. The first-order valence-electron chi connectivity index (χ1n) is 8.70. The largest absolute Gasteiger partial charge is 0.324 e. The van der Waals surface area contributed by atoms with Crippen LogP contribution in [0, 0.1) is 6.92 Å². The average Bonchev–Trinajstić information content (AvgIpc) is 2.65. The van der Waals surface area contributed by atoms with Crippen LogP contribution in [0.4, 0.5) is 23.3 Å². The Hall–Kier alpha value is -2.61. The summed E-state index contributed by atoms with van der Waals surface area (Å²) in [6.07, 6.45) is 0. The van der Waals surface area contributed by atoms with Crippen molar-refractivity contribution >= 4 is 66.0 Å². The fraction of sp³-hybridized carbons (Fsp3) is 0.0625. The van der Waals surface area contributed by atoms with E-state index in [4.69, 9.17) is 11.6 Å². The van der Waals surface area contributed by atoms with Crippen molar-refractivity contribution in [2.24, 2.45) is 0 Å². The number of rotatable bonds is 7. The standard InChI is InChI=1S/C16H16ClN5O9S3/c1-8-6-11(13(34(29,30)31)7-12(8)33(26,27)28)19-16-21-14(17)20-15(22-16)18-9-2-4-10(5-3-9)32(23,24)25/h2-7,23-25H,1H3,(H,26,27,28)(H,29,30,31)(H2,18,19,20,21,22). The molecular formula is C16H16ClN5O9S3. The van der Waals surface area contributed by atoms with E-state index in [0.29, 0.717) is 11.8 Å². The van der Waals surface area contributed by atoms with Gasteiger partial charge in [-0.1, -0.05) is 0 Å². The highest BCUT2D eigenvalue weighted by Crippen LogP contribution is 2.43. The number of anilines is 4. The summed E-state index contributed by atoms with van der Waals surface area (Å²) >= 11 is 5.90. The lowest BCUT2D eigenvalue weighted by molar-refractivity contribution is 0.376. The minimum Gasteiger partial charge on any atom is -0.324 e. The molecule has 184 valence electrons. The van der Waals surface area contributed by atoms with Gasteiger partial charge in [-0.25, -0.2) is 0 Å². The quantitative estimate of drug-likeness (QED) is 0.208. The lowest BCUT2D eigenvalue weighted by Gasteiger charge is -2.19. The SMILES string of the molecule is Cc1cc(Nc2nc(Cl)nc(Nc3ccc(S(O)(O)O)cc3)n2)c(S(=O)(=O)O)cc1S(=O)(=O)O. The zero-order chi connectivity index (χ0) is 25.5. The fourth-order valence-electron chi connectivity index (χ4n) is 2.69. The molecule has 0 aliphatic heterocycles. The summed E-state index contributed by atoms with van der Waals surface area (Å²) in [5.41, 5.74) is -0.0310. The average molecular weight is 554 g/mol. The minimum absolute atomic E-state index is 0.0501. The Morgan fingerprint density at radius 3 is 1.79 bits per heavy atom. The third-order valence-electron chi connectivity index (χ3n) is 4.11. The van der Waals surface area contributed by atoms with Gasteiger partial charge in [-0.2, -0.15) is 31.8 Å². The Morgan fingerprint density at radius 1 is 0.765 bits per heavy atom. The predicted octanol–water partition coefficient (Wildman–Crippen LogP) is 3.40. The molecule has 0 unspecified atom stereocenters. The summed E-state index contributed by atoms with van der Waals surface area (Å²) < 4.78 is 93.2. The molecule has 0 fully saturated rings. The van der Waals surface area contributed by atoms with Crippen LogP contribution >= 0.6 is 22.5 Å². The predicted molar refractivity (Wildman–Crippen MR) is 122 cm³/mol. The maximum atomic E-state index is 11.8. The van der Waals surface area contributed by atoms with Crippen LogP contribution in [0.3, 0.4) is 0 Å². The van der Waals surface area contributed by atoms with Gasteiger partial charge in [0.15, 0.2) is 0 Å². The Balaban J connectivity index is 1.98. The van der Waals surface area contributed by atoms with E-state index in [1.165, 1.54) is 31.2 Å². The van der Waals surface area contributed by atoms with Gasteiger partial charge in [0.25, 0.3) is 20.2 Å². The molecule has 18 heteroatoms.